The van der Waals surface area contributed by atoms with E-state index in [9.17, 15) is 4.79 Å². The van der Waals surface area contributed by atoms with Crippen LogP contribution in [-0.2, 0) is 11.2 Å². The number of anilines is 2. The van der Waals surface area contributed by atoms with Gasteiger partial charge in [0.2, 0.25) is 5.91 Å². The smallest absolute Gasteiger partial charge is 0.236 e. The van der Waals surface area contributed by atoms with Crippen LogP contribution < -0.4 is 16.0 Å². The number of rotatable bonds is 7. The maximum atomic E-state index is 11.1. The second-order valence-corrected chi connectivity index (χ2v) is 3.89. The minimum Gasteiger partial charge on any atom is -0.370 e. The van der Waals surface area contributed by atoms with Gasteiger partial charge in [0.15, 0.2) is 0 Å². The molecule has 1 aromatic heterocycles. The third kappa shape index (κ3) is 3.32. The van der Waals surface area contributed by atoms with Crippen molar-refractivity contribution in [2.45, 2.75) is 27.2 Å². The van der Waals surface area contributed by atoms with Crippen molar-refractivity contribution in [1.29, 1.82) is 0 Å². The maximum Gasteiger partial charge on any atom is 0.236 e. The van der Waals surface area contributed by atoms with E-state index >= 15 is 0 Å². The lowest BCUT2D eigenvalue weighted by atomic mass is 10.2. The van der Waals surface area contributed by atoms with Crippen LogP contribution >= 0.6 is 0 Å². The molecule has 1 heterocycles. The van der Waals surface area contributed by atoms with Crippen molar-refractivity contribution >= 4 is 17.5 Å². The molecule has 0 saturated heterocycles. The van der Waals surface area contributed by atoms with Crippen molar-refractivity contribution in [2.24, 2.45) is 5.73 Å². The third-order valence-corrected chi connectivity index (χ3v) is 2.65. The molecule has 0 fully saturated rings. The summed E-state index contributed by atoms with van der Waals surface area (Å²) in [7, 11) is 0. The van der Waals surface area contributed by atoms with E-state index in [1.165, 1.54) is 6.33 Å². The van der Waals surface area contributed by atoms with Gasteiger partial charge >= 0.3 is 0 Å². The Bertz CT molecular complexity index is 407. The van der Waals surface area contributed by atoms with Crippen molar-refractivity contribution in [3.8, 4) is 0 Å². The summed E-state index contributed by atoms with van der Waals surface area (Å²) in [6.07, 6.45) is 2.31. The van der Waals surface area contributed by atoms with Gasteiger partial charge in [-0.1, -0.05) is 6.92 Å². The lowest BCUT2D eigenvalue weighted by molar-refractivity contribution is -0.116. The summed E-state index contributed by atoms with van der Waals surface area (Å²) >= 11 is 0. The largest absolute Gasteiger partial charge is 0.370 e. The van der Waals surface area contributed by atoms with Crippen LogP contribution in [0.1, 0.15) is 26.3 Å². The summed E-state index contributed by atoms with van der Waals surface area (Å²) in [5, 5.41) is 3.21. The SMILES string of the molecule is CCNc1ncnc(N(CC)CC(N)=O)c1CC. The Balaban J connectivity index is 3.12. The summed E-state index contributed by atoms with van der Waals surface area (Å²) in [5.41, 5.74) is 6.27. The Morgan fingerprint density at radius 2 is 2.11 bits per heavy atom. The van der Waals surface area contributed by atoms with Crippen molar-refractivity contribution < 1.29 is 4.79 Å². The van der Waals surface area contributed by atoms with E-state index in [2.05, 4.69) is 15.3 Å². The van der Waals surface area contributed by atoms with E-state index in [1.807, 2.05) is 25.7 Å². The lowest BCUT2D eigenvalue weighted by Gasteiger charge is -2.23. The number of amides is 1. The van der Waals surface area contributed by atoms with Gasteiger partial charge in [-0.05, 0) is 20.3 Å². The predicted octanol–water partition coefficient (Wildman–Crippen LogP) is 0.782. The van der Waals surface area contributed by atoms with Crippen LogP contribution in [0.3, 0.4) is 0 Å². The van der Waals surface area contributed by atoms with Gasteiger partial charge in [0.1, 0.15) is 18.0 Å². The van der Waals surface area contributed by atoms with E-state index in [0.717, 1.165) is 30.2 Å². The predicted molar refractivity (Wildman–Crippen MR) is 72.7 cm³/mol. The number of carbonyl (C=O) groups excluding carboxylic acids is 1. The molecule has 100 valence electrons. The highest BCUT2D eigenvalue weighted by Gasteiger charge is 2.16. The lowest BCUT2D eigenvalue weighted by Crippen LogP contribution is -2.35. The molecule has 18 heavy (non-hydrogen) atoms. The van der Waals surface area contributed by atoms with Crippen molar-refractivity contribution in [2.75, 3.05) is 29.9 Å². The summed E-state index contributed by atoms with van der Waals surface area (Å²) in [6.45, 7) is 7.68. The molecule has 0 radical (unpaired) electrons. The van der Waals surface area contributed by atoms with Crippen LogP contribution in [0.4, 0.5) is 11.6 Å². The molecular weight excluding hydrogens is 230 g/mol. The molecule has 6 nitrogen and oxygen atoms in total. The van der Waals surface area contributed by atoms with Crippen LogP contribution in [0.5, 0.6) is 0 Å². The molecule has 0 spiro atoms. The molecule has 0 atom stereocenters. The summed E-state index contributed by atoms with van der Waals surface area (Å²) in [5.74, 6) is 1.25. The van der Waals surface area contributed by atoms with Gasteiger partial charge in [-0.3, -0.25) is 4.79 Å². The number of hydrogen-bond donors (Lipinski definition) is 2. The number of hydrogen-bond acceptors (Lipinski definition) is 5. The average Bonchev–Trinajstić information content (AvgIpc) is 2.36. The fourth-order valence-corrected chi connectivity index (χ4v) is 1.85. The molecule has 0 bridgehead atoms. The molecule has 0 unspecified atom stereocenters. The zero-order valence-corrected chi connectivity index (χ0v) is 11.2. The Morgan fingerprint density at radius 1 is 1.39 bits per heavy atom. The molecule has 0 saturated carbocycles. The summed E-state index contributed by atoms with van der Waals surface area (Å²) < 4.78 is 0. The number of likely N-dealkylation sites (N-methyl/N-ethyl adjacent to an activating group) is 1. The molecule has 6 heteroatoms. The van der Waals surface area contributed by atoms with Gasteiger partial charge in [-0.2, -0.15) is 0 Å². The Hall–Kier alpha value is -1.85. The minimum absolute atomic E-state index is 0.173. The highest BCUT2D eigenvalue weighted by molar-refractivity contribution is 5.79. The molecule has 0 aliphatic heterocycles. The van der Waals surface area contributed by atoms with Gasteiger partial charge in [-0.15, -0.1) is 0 Å². The maximum absolute atomic E-state index is 11.1. The second-order valence-electron chi connectivity index (χ2n) is 3.89. The number of nitrogens with zero attached hydrogens (tertiary/aromatic N) is 3. The molecule has 0 aliphatic rings. The standard InChI is InChI=1S/C12H21N5O/c1-4-9-11(14-5-2)15-8-16-12(9)17(6-3)7-10(13)18/h8H,4-7H2,1-3H3,(H2,13,18)(H,14,15,16). The first-order valence-electron chi connectivity index (χ1n) is 6.24. The van der Waals surface area contributed by atoms with Crippen LogP contribution in [0.15, 0.2) is 6.33 Å². The normalized spacial score (nSPS) is 10.2. The van der Waals surface area contributed by atoms with Crippen LogP contribution in [-0.4, -0.2) is 35.5 Å². The van der Waals surface area contributed by atoms with Gasteiger partial charge < -0.3 is 16.0 Å². The zero-order chi connectivity index (χ0) is 13.5. The van der Waals surface area contributed by atoms with Crippen molar-refractivity contribution in [3.63, 3.8) is 0 Å². The highest BCUT2D eigenvalue weighted by Crippen LogP contribution is 2.23. The molecule has 0 aromatic carbocycles. The van der Waals surface area contributed by atoms with E-state index in [-0.39, 0.29) is 12.5 Å². The third-order valence-electron chi connectivity index (χ3n) is 2.65. The number of primary amides is 1. The van der Waals surface area contributed by atoms with Crippen LogP contribution in [0.25, 0.3) is 0 Å². The first-order valence-corrected chi connectivity index (χ1v) is 6.24. The van der Waals surface area contributed by atoms with Crippen molar-refractivity contribution in [3.05, 3.63) is 11.9 Å². The molecule has 1 aromatic rings. The van der Waals surface area contributed by atoms with Gasteiger partial charge in [0, 0.05) is 18.7 Å². The Morgan fingerprint density at radius 3 is 2.61 bits per heavy atom. The summed E-state index contributed by atoms with van der Waals surface area (Å²) in [4.78, 5) is 21.5. The molecule has 1 rings (SSSR count). The number of nitrogens with two attached hydrogens (primary N) is 1. The van der Waals surface area contributed by atoms with E-state index in [1.54, 1.807) is 0 Å². The van der Waals surface area contributed by atoms with Crippen molar-refractivity contribution in [1.82, 2.24) is 9.97 Å². The molecular formula is C12H21N5O. The first-order chi connectivity index (χ1) is 8.63. The van der Waals surface area contributed by atoms with Gasteiger partial charge in [-0.25, -0.2) is 9.97 Å². The molecule has 1 amide bonds. The highest BCUT2D eigenvalue weighted by atomic mass is 16.1. The first kappa shape index (κ1) is 14.2. The monoisotopic (exact) mass is 251 g/mol. The number of carbonyl (C=O) groups is 1. The molecule has 3 N–H and O–H groups in total. The van der Waals surface area contributed by atoms with E-state index in [0.29, 0.717) is 6.54 Å². The number of aromatic nitrogens is 2. The summed E-state index contributed by atoms with van der Waals surface area (Å²) in [6, 6.07) is 0. The quantitative estimate of drug-likeness (QED) is 0.748. The van der Waals surface area contributed by atoms with Gasteiger partial charge in [0.05, 0.1) is 6.54 Å². The van der Waals surface area contributed by atoms with E-state index in [4.69, 9.17) is 5.73 Å². The second kappa shape index (κ2) is 6.78. The Kier molecular flexibility index (Phi) is 5.35. The average molecular weight is 251 g/mol. The van der Waals surface area contributed by atoms with Crippen LogP contribution in [0.2, 0.25) is 0 Å². The van der Waals surface area contributed by atoms with E-state index < -0.39 is 0 Å². The fraction of sp³-hybridized carbons (Fsp3) is 0.583. The fourth-order valence-electron chi connectivity index (χ4n) is 1.85. The molecule has 0 aliphatic carbocycles. The zero-order valence-electron chi connectivity index (χ0n) is 11.2. The van der Waals surface area contributed by atoms with Crippen LogP contribution in [0, 0.1) is 0 Å². The topological polar surface area (TPSA) is 84.1 Å². The van der Waals surface area contributed by atoms with Gasteiger partial charge in [0.25, 0.3) is 0 Å². The minimum atomic E-state index is -0.359. The Labute approximate surface area is 108 Å². The number of nitrogens with one attached hydrogen (secondary N) is 1.